The number of fused-ring (bicyclic) bond motifs is 1. The Morgan fingerprint density at radius 3 is 2.80 bits per heavy atom. The van der Waals surface area contributed by atoms with Gasteiger partial charge in [0.15, 0.2) is 0 Å². The van der Waals surface area contributed by atoms with E-state index in [9.17, 15) is 10.1 Å². The van der Waals surface area contributed by atoms with Crippen LogP contribution in [0.25, 0.3) is 10.8 Å². The second-order valence-corrected chi connectivity index (χ2v) is 4.89. The van der Waals surface area contributed by atoms with Gasteiger partial charge in [0, 0.05) is 36.1 Å². The number of nitro benzene ring substituents is 1. The van der Waals surface area contributed by atoms with Gasteiger partial charge in [0.1, 0.15) is 0 Å². The van der Waals surface area contributed by atoms with Gasteiger partial charge in [0.2, 0.25) is 0 Å². The lowest BCUT2D eigenvalue weighted by Gasteiger charge is -2.12. The van der Waals surface area contributed by atoms with Gasteiger partial charge < -0.3 is 10.2 Å². The van der Waals surface area contributed by atoms with Crippen LogP contribution in [0.5, 0.6) is 0 Å². The number of pyridine rings is 1. The maximum Gasteiger partial charge on any atom is 0.278 e. The highest BCUT2D eigenvalue weighted by Gasteiger charge is 2.13. The van der Waals surface area contributed by atoms with Crippen LogP contribution < -0.4 is 5.32 Å². The van der Waals surface area contributed by atoms with E-state index in [2.05, 4.69) is 15.2 Å². The first-order chi connectivity index (χ1) is 9.59. The Bertz CT molecular complexity index is 613. The van der Waals surface area contributed by atoms with E-state index in [0.29, 0.717) is 5.39 Å². The van der Waals surface area contributed by atoms with Crippen LogP contribution in [0.1, 0.15) is 6.42 Å². The van der Waals surface area contributed by atoms with E-state index in [0.717, 1.165) is 30.6 Å². The molecule has 2 aromatic rings. The number of nitrogens with zero attached hydrogens (tertiary/aromatic N) is 3. The molecule has 0 amide bonds. The van der Waals surface area contributed by atoms with Crippen LogP contribution in [0.4, 0.5) is 11.4 Å². The summed E-state index contributed by atoms with van der Waals surface area (Å²) in [6.07, 6.45) is 4.20. The van der Waals surface area contributed by atoms with Crippen molar-refractivity contribution in [2.45, 2.75) is 6.42 Å². The van der Waals surface area contributed by atoms with E-state index < -0.39 is 0 Å². The molecule has 1 heterocycles. The van der Waals surface area contributed by atoms with Crippen LogP contribution in [0.2, 0.25) is 0 Å². The molecule has 0 atom stereocenters. The average molecular weight is 274 g/mol. The molecule has 0 aliphatic rings. The third-order valence-corrected chi connectivity index (χ3v) is 3.09. The van der Waals surface area contributed by atoms with Gasteiger partial charge in [0.05, 0.1) is 10.3 Å². The minimum Gasteiger partial charge on any atom is -0.384 e. The molecule has 0 radical (unpaired) electrons. The molecule has 0 saturated heterocycles. The van der Waals surface area contributed by atoms with Crippen molar-refractivity contribution < 1.29 is 4.92 Å². The monoisotopic (exact) mass is 274 g/mol. The minimum atomic E-state index is -0.375. The van der Waals surface area contributed by atoms with Crippen molar-refractivity contribution in [2.75, 3.05) is 32.5 Å². The van der Waals surface area contributed by atoms with Gasteiger partial charge in [-0.2, -0.15) is 0 Å². The highest BCUT2D eigenvalue weighted by molar-refractivity contribution is 5.99. The lowest BCUT2D eigenvalue weighted by molar-refractivity contribution is -0.383. The van der Waals surface area contributed by atoms with E-state index in [1.807, 2.05) is 14.1 Å². The SMILES string of the molecule is CN(C)CCCNc1ccc([N+](=O)[O-])c2cnccc12. The first-order valence-electron chi connectivity index (χ1n) is 6.49. The largest absolute Gasteiger partial charge is 0.384 e. The molecule has 0 spiro atoms. The molecule has 0 fully saturated rings. The quantitative estimate of drug-likeness (QED) is 0.498. The molecule has 6 heteroatoms. The standard InChI is InChI=1S/C14H18N4O2/c1-17(2)9-3-7-16-13-4-5-14(18(19)20)12-10-15-8-6-11(12)13/h4-6,8,10,16H,3,7,9H2,1-2H3. The highest BCUT2D eigenvalue weighted by Crippen LogP contribution is 2.30. The molecule has 1 aromatic carbocycles. The van der Waals surface area contributed by atoms with Crippen LogP contribution in [0.15, 0.2) is 30.6 Å². The fourth-order valence-corrected chi connectivity index (χ4v) is 2.11. The maximum absolute atomic E-state index is 11.0. The van der Waals surface area contributed by atoms with E-state index >= 15 is 0 Å². The van der Waals surface area contributed by atoms with Gasteiger partial charge >= 0.3 is 0 Å². The van der Waals surface area contributed by atoms with E-state index in [-0.39, 0.29) is 10.6 Å². The van der Waals surface area contributed by atoms with Crippen molar-refractivity contribution in [1.29, 1.82) is 0 Å². The predicted octanol–water partition coefficient (Wildman–Crippen LogP) is 2.51. The minimum absolute atomic E-state index is 0.0898. The van der Waals surface area contributed by atoms with Gasteiger partial charge in [0.25, 0.3) is 5.69 Å². The Kier molecular flexibility index (Phi) is 4.47. The Balaban J connectivity index is 2.22. The molecular weight excluding hydrogens is 256 g/mol. The first-order valence-corrected chi connectivity index (χ1v) is 6.49. The lowest BCUT2D eigenvalue weighted by Crippen LogP contribution is -2.16. The van der Waals surface area contributed by atoms with Crippen molar-refractivity contribution in [2.24, 2.45) is 0 Å². The summed E-state index contributed by atoms with van der Waals surface area (Å²) in [6, 6.07) is 5.09. The number of aromatic nitrogens is 1. The molecule has 0 saturated carbocycles. The molecule has 6 nitrogen and oxygen atoms in total. The predicted molar refractivity (Wildman–Crippen MR) is 80.1 cm³/mol. The summed E-state index contributed by atoms with van der Waals surface area (Å²) < 4.78 is 0. The molecule has 106 valence electrons. The normalized spacial score (nSPS) is 10.9. The number of benzene rings is 1. The number of nitrogens with one attached hydrogen (secondary N) is 1. The molecule has 0 aliphatic carbocycles. The Labute approximate surface area is 117 Å². The topological polar surface area (TPSA) is 71.3 Å². The van der Waals surface area contributed by atoms with Crippen molar-refractivity contribution >= 4 is 22.1 Å². The lowest BCUT2D eigenvalue weighted by atomic mass is 10.1. The number of hydrogen-bond donors (Lipinski definition) is 1. The molecular formula is C14H18N4O2. The summed E-state index contributed by atoms with van der Waals surface area (Å²) >= 11 is 0. The zero-order valence-corrected chi connectivity index (χ0v) is 11.7. The van der Waals surface area contributed by atoms with Crippen LogP contribution in [0.3, 0.4) is 0 Å². The van der Waals surface area contributed by atoms with Crippen molar-refractivity contribution in [3.8, 4) is 0 Å². The molecule has 0 unspecified atom stereocenters. The number of nitro groups is 1. The van der Waals surface area contributed by atoms with Crippen LogP contribution in [-0.4, -0.2) is 42.0 Å². The third kappa shape index (κ3) is 3.21. The Hall–Kier alpha value is -2.21. The third-order valence-electron chi connectivity index (χ3n) is 3.09. The number of anilines is 1. The Morgan fingerprint density at radius 1 is 1.30 bits per heavy atom. The van der Waals surface area contributed by atoms with Gasteiger partial charge in [-0.25, -0.2) is 0 Å². The van der Waals surface area contributed by atoms with Gasteiger partial charge in [-0.05, 0) is 39.2 Å². The molecule has 2 rings (SSSR count). The molecule has 20 heavy (non-hydrogen) atoms. The van der Waals surface area contributed by atoms with E-state index in [4.69, 9.17) is 0 Å². The van der Waals surface area contributed by atoms with Gasteiger partial charge in [-0.1, -0.05) is 0 Å². The Morgan fingerprint density at radius 2 is 2.10 bits per heavy atom. The maximum atomic E-state index is 11.0. The van der Waals surface area contributed by atoms with Crippen molar-refractivity contribution in [1.82, 2.24) is 9.88 Å². The smallest absolute Gasteiger partial charge is 0.278 e. The van der Waals surface area contributed by atoms with Gasteiger partial charge in [-0.3, -0.25) is 15.1 Å². The summed E-state index contributed by atoms with van der Waals surface area (Å²) in [5.41, 5.74) is 0.999. The zero-order chi connectivity index (χ0) is 14.5. The molecule has 0 aliphatic heterocycles. The summed E-state index contributed by atoms with van der Waals surface area (Å²) in [7, 11) is 4.07. The number of rotatable bonds is 6. The zero-order valence-electron chi connectivity index (χ0n) is 11.7. The fourth-order valence-electron chi connectivity index (χ4n) is 2.11. The molecule has 1 N–H and O–H groups in total. The second-order valence-electron chi connectivity index (χ2n) is 4.89. The average Bonchev–Trinajstić information content (AvgIpc) is 2.43. The number of non-ortho nitro benzene ring substituents is 1. The highest BCUT2D eigenvalue weighted by atomic mass is 16.6. The summed E-state index contributed by atoms with van der Waals surface area (Å²) in [5.74, 6) is 0. The summed E-state index contributed by atoms with van der Waals surface area (Å²) in [6.45, 7) is 1.83. The van der Waals surface area contributed by atoms with E-state index in [1.165, 1.54) is 6.07 Å². The van der Waals surface area contributed by atoms with Crippen molar-refractivity contribution in [3.05, 3.63) is 40.7 Å². The summed E-state index contributed by atoms with van der Waals surface area (Å²) in [4.78, 5) is 16.7. The van der Waals surface area contributed by atoms with Crippen LogP contribution >= 0.6 is 0 Å². The molecule has 0 bridgehead atoms. The van der Waals surface area contributed by atoms with Crippen LogP contribution in [-0.2, 0) is 0 Å². The fraction of sp³-hybridized carbons (Fsp3) is 0.357. The first kappa shape index (κ1) is 14.2. The van der Waals surface area contributed by atoms with Crippen LogP contribution in [0, 0.1) is 10.1 Å². The van der Waals surface area contributed by atoms with E-state index in [1.54, 1.807) is 24.5 Å². The van der Waals surface area contributed by atoms with Crippen molar-refractivity contribution in [3.63, 3.8) is 0 Å². The van der Waals surface area contributed by atoms with Gasteiger partial charge in [-0.15, -0.1) is 0 Å². The summed E-state index contributed by atoms with van der Waals surface area (Å²) in [5, 5.41) is 15.7. The molecule has 1 aromatic heterocycles. The second kappa shape index (κ2) is 6.29. The number of hydrogen-bond acceptors (Lipinski definition) is 5.